The molecule has 3 heterocycles. The molecule has 2 aliphatic rings. The Kier molecular flexibility index (Phi) is 4.23. The van der Waals surface area contributed by atoms with Crippen LogP contribution in [0.5, 0.6) is 0 Å². The van der Waals surface area contributed by atoms with Crippen LogP contribution in [0.1, 0.15) is 44.6 Å². The number of carbonyl (C=O) groups is 1. The molecule has 2 unspecified atom stereocenters. The highest BCUT2D eigenvalue weighted by molar-refractivity contribution is 5.74. The SMILES string of the molecule is CCOC(=O)N1C2C=C(c3cccnc3)CC1CCCC2. The van der Waals surface area contributed by atoms with Crippen molar-refractivity contribution >= 4 is 11.7 Å². The molecular formula is C17H22N2O2. The summed E-state index contributed by atoms with van der Waals surface area (Å²) >= 11 is 0. The summed E-state index contributed by atoms with van der Waals surface area (Å²) in [5, 5.41) is 0. The van der Waals surface area contributed by atoms with Gasteiger partial charge in [-0.05, 0) is 43.4 Å². The first-order valence-electron chi connectivity index (χ1n) is 7.85. The first-order chi connectivity index (χ1) is 10.3. The van der Waals surface area contributed by atoms with Gasteiger partial charge in [0.25, 0.3) is 0 Å². The van der Waals surface area contributed by atoms with Crippen LogP contribution in [0.25, 0.3) is 5.57 Å². The summed E-state index contributed by atoms with van der Waals surface area (Å²) < 4.78 is 5.26. The molecule has 4 heteroatoms. The van der Waals surface area contributed by atoms with Gasteiger partial charge in [0.2, 0.25) is 0 Å². The van der Waals surface area contributed by atoms with Gasteiger partial charge in [0.1, 0.15) is 0 Å². The van der Waals surface area contributed by atoms with Crippen LogP contribution in [0.15, 0.2) is 30.6 Å². The van der Waals surface area contributed by atoms with E-state index >= 15 is 0 Å². The maximum atomic E-state index is 12.3. The Morgan fingerprint density at radius 2 is 2.29 bits per heavy atom. The minimum absolute atomic E-state index is 0.157. The zero-order chi connectivity index (χ0) is 14.7. The van der Waals surface area contributed by atoms with Crippen LogP contribution < -0.4 is 0 Å². The van der Waals surface area contributed by atoms with E-state index in [4.69, 9.17) is 4.74 Å². The van der Waals surface area contributed by atoms with E-state index in [1.807, 2.05) is 24.1 Å². The molecule has 0 radical (unpaired) electrons. The van der Waals surface area contributed by atoms with Gasteiger partial charge in [-0.25, -0.2) is 4.79 Å². The Balaban J connectivity index is 1.90. The number of hydrogen-bond donors (Lipinski definition) is 0. The van der Waals surface area contributed by atoms with E-state index in [9.17, 15) is 4.79 Å². The minimum atomic E-state index is -0.157. The van der Waals surface area contributed by atoms with Gasteiger partial charge in [0.15, 0.2) is 0 Å². The molecule has 1 fully saturated rings. The van der Waals surface area contributed by atoms with Crippen LogP contribution in [-0.2, 0) is 4.74 Å². The number of pyridine rings is 1. The minimum Gasteiger partial charge on any atom is -0.450 e. The lowest BCUT2D eigenvalue weighted by Gasteiger charge is -2.38. The first-order valence-corrected chi connectivity index (χ1v) is 7.85. The molecular weight excluding hydrogens is 264 g/mol. The number of carbonyl (C=O) groups excluding carboxylic acids is 1. The van der Waals surface area contributed by atoms with E-state index in [1.54, 1.807) is 6.20 Å². The molecule has 0 aliphatic carbocycles. The van der Waals surface area contributed by atoms with Crippen molar-refractivity contribution in [3.8, 4) is 0 Å². The summed E-state index contributed by atoms with van der Waals surface area (Å²) in [5.74, 6) is 0. The highest BCUT2D eigenvalue weighted by Crippen LogP contribution is 2.36. The third-order valence-electron chi connectivity index (χ3n) is 4.40. The fourth-order valence-corrected chi connectivity index (χ4v) is 3.45. The number of aromatic nitrogens is 1. The summed E-state index contributed by atoms with van der Waals surface area (Å²) in [6, 6.07) is 4.50. The molecule has 2 bridgehead atoms. The predicted octanol–water partition coefficient (Wildman–Crippen LogP) is 3.64. The number of amides is 1. The lowest BCUT2D eigenvalue weighted by atomic mass is 9.91. The average Bonchev–Trinajstić information content (AvgIpc) is 2.64. The second-order valence-electron chi connectivity index (χ2n) is 5.75. The van der Waals surface area contributed by atoms with Gasteiger partial charge in [-0.2, -0.15) is 0 Å². The number of ether oxygens (including phenoxy) is 1. The molecule has 0 N–H and O–H groups in total. The summed E-state index contributed by atoms with van der Waals surface area (Å²) in [6.45, 7) is 2.30. The van der Waals surface area contributed by atoms with Crippen LogP contribution in [0.2, 0.25) is 0 Å². The van der Waals surface area contributed by atoms with Gasteiger partial charge in [0, 0.05) is 18.4 Å². The molecule has 112 valence electrons. The molecule has 1 aromatic heterocycles. The number of fused-ring (bicyclic) bond motifs is 2. The molecule has 2 atom stereocenters. The topological polar surface area (TPSA) is 42.4 Å². The normalized spacial score (nSPS) is 25.0. The van der Waals surface area contributed by atoms with Crippen LogP contribution in [-0.4, -0.2) is 34.7 Å². The summed E-state index contributed by atoms with van der Waals surface area (Å²) in [4.78, 5) is 18.5. The second-order valence-corrected chi connectivity index (χ2v) is 5.75. The van der Waals surface area contributed by atoms with Crippen molar-refractivity contribution in [2.75, 3.05) is 6.61 Å². The third kappa shape index (κ3) is 2.94. The monoisotopic (exact) mass is 286 g/mol. The summed E-state index contributed by atoms with van der Waals surface area (Å²) in [6.07, 6.45) is 11.2. The zero-order valence-corrected chi connectivity index (χ0v) is 12.5. The van der Waals surface area contributed by atoms with Crippen LogP contribution in [0.4, 0.5) is 4.79 Å². The van der Waals surface area contributed by atoms with Crippen molar-refractivity contribution in [3.05, 3.63) is 36.2 Å². The van der Waals surface area contributed by atoms with Crippen molar-refractivity contribution in [2.24, 2.45) is 0 Å². The van der Waals surface area contributed by atoms with Gasteiger partial charge < -0.3 is 4.74 Å². The second kappa shape index (κ2) is 6.29. The molecule has 1 amide bonds. The Hall–Kier alpha value is -1.84. The molecule has 21 heavy (non-hydrogen) atoms. The highest BCUT2D eigenvalue weighted by atomic mass is 16.6. The standard InChI is InChI=1S/C17H22N2O2/c1-2-21-17(20)19-15-7-3-4-8-16(19)11-14(10-15)13-6-5-9-18-12-13/h5-6,9-10,12,15-16H,2-4,7-8,11H2,1H3. The molecule has 3 rings (SSSR count). The summed E-state index contributed by atoms with van der Waals surface area (Å²) in [5.41, 5.74) is 2.50. The number of nitrogens with zero attached hydrogens (tertiary/aromatic N) is 2. The number of hydrogen-bond acceptors (Lipinski definition) is 3. The van der Waals surface area contributed by atoms with Gasteiger partial charge in [0.05, 0.1) is 12.6 Å². The average molecular weight is 286 g/mol. The fourth-order valence-electron chi connectivity index (χ4n) is 3.45. The zero-order valence-electron chi connectivity index (χ0n) is 12.5. The van der Waals surface area contributed by atoms with E-state index in [-0.39, 0.29) is 18.2 Å². The van der Waals surface area contributed by atoms with Gasteiger partial charge in [-0.3, -0.25) is 9.88 Å². The largest absolute Gasteiger partial charge is 0.450 e. The molecule has 2 aliphatic heterocycles. The highest BCUT2D eigenvalue weighted by Gasteiger charge is 2.36. The molecule has 0 spiro atoms. The van der Waals surface area contributed by atoms with Crippen LogP contribution in [0, 0.1) is 0 Å². The van der Waals surface area contributed by atoms with E-state index in [1.165, 1.54) is 24.0 Å². The van der Waals surface area contributed by atoms with Crippen molar-refractivity contribution in [2.45, 2.75) is 51.1 Å². The smallest absolute Gasteiger partial charge is 0.410 e. The fraction of sp³-hybridized carbons (Fsp3) is 0.529. The predicted molar refractivity (Wildman–Crippen MR) is 81.7 cm³/mol. The first kappa shape index (κ1) is 14.1. The quantitative estimate of drug-likeness (QED) is 0.833. The summed E-state index contributed by atoms with van der Waals surface area (Å²) in [7, 11) is 0. The van der Waals surface area contributed by atoms with Crippen molar-refractivity contribution in [1.29, 1.82) is 0 Å². The Morgan fingerprint density at radius 3 is 3.05 bits per heavy atom. The van der Waals surface area contributed by atoms with Crippen LogP contribution in [0.3, 0.4) is 0 Å². The van der Waals surface area contributed by atoms with E-state index in [2.05, 4.69) is 17.1 Å². The van der Waals surface area contributed by atoms with E-state index in [0.29, 0.717) is 6.61 Å². The lowest BCUT2D eigenvalue weighted by Crippen LogP contribution is -2.48. The molecule has 0 saturated carbocycles. The van der Waals surface area contributed by atoms with Gasteiger partial charge in [-0.15, -0.1) is 0 Å². The maximum Gasteiger partial charge on any atom is 0.410 e. The molecule has 1 aromatic rings. The Labute approximate surface area is 125 Å². The Bertz CT molecular complexity index is 527. The van der Waals surface area contributed by atoms with E-state index < -0.39 is 0 Å². The van der Waals surface area contributed by atoms with Crippen LogP contribution >= 0.6 is 0 Å². The van der Waals surface area contributed by atoms with E-state index in [0.717, 1.165) is 19.3 Å². The van der Waals surface area contributed by atoms with Crippen molar-refractivity contribution in [1.82, 2.24) is 9.88 Å². The maximum absolute atomic E-state index is 12.3. The third-order valence-corrected chi connectivity index (χ3v) is 4.40. The molecule has 1 saturated heterocycles. The van der Waals surface area contributed by atoms with Crippen molar-refractivity contribution < 1.29 is 9.53 Å². The number of rotatable bonds is 2. The lowest BCUT2D eigenvalue weighted by molar-refractivity contribution is 0.0773. The molecule has 4 nitrogen and oxygen atoms in total. The Morgan fingerprint density at radius 1 is 1.43 bits per heavy atom. The van der Waals surface area contributed by atoms with Gasteiger partial charge in [-0.1, -0.05) is 25.0 Å². The van der Waals surface area contributed by atoms with Crippen molar-refractivity contribution in [3.63, 3.8) is 0 Å². The van der Waals surface area contributed by atoms with Gasteiger partial charge >= 0.3 is 6.09 Å². The molecule has 0 aromatic carbocycles.